The molecule has 0 aliphatic carbocycles. The summed E-state index contributed by atoms with van der Waals surface area (Å²) in [5.74, 6) is -0.191. The number of anilines is 1. The minimum Gasteiger partial charge on any atom is -0.494 e. The van der Waals surface area contributed by atoms with E-state index in [-0.39, 0.29) is 0 Å². The zero-order valence-electron chi connectivity index (χ0n) is 16.0. The summed E-state index contributed by atoms with van der Waals surface area (Å²) in [7, 11) is 0. The van der Waals surface area contributed by atoms with Crippen LogP contribution in [0.5, 0.6) is 5.75 Å². The Morgan fingerprint density at radius 2 is 2.03 bits per heavy atom. The Kier molecular flexibility index (Phi) is 5.69. The topological polar surface area (TPSA) is 120 Å². The summed E-state index contributed by atoms with van der Waals surface area (Å²) in [5, 5.41) is 31.9. The molecule has 148 valence electrons. The molecular formula is C21H20N4O4. The van der Waals surface area contributed by atoms with Crippen LogP contribution in [-0.4, -0.2) is 32.6 Å². The van der Waals surface area contributed by atoms with Crippen LogP contribution < -0.4 is 10.1 Å². The molecule has 0 spiro atoms. The summed E-state index contributed by atoms with van der Waals surface area (Å²) >= 11 is 0. The van der Waals surface area contributed by atoms with Crippen molar-refractivity contribution in [1.29, 1.82) is 5.26 Å². The molecule has 1 heterocycles. The number of nitrogens with zero attached hydrogens (tertiary/aromatic N) is 3. The molecule has 0 saturated carbocycles. The Hall–Kier alpha value is -3.99. The van der Waals surface area contributed by atoms with Gasteiger partial charge in [0.25, 0.3) is 0 Å². The Morgan fingerprint density at radius 1 is 1.31 bits per heavy atom. The van der Waals surface area contributed by atoms with Crippen molar-refractivity contribution in [2.24, 2.45) is 0 Å². The van der Waals surface area contributed by atoms with Crippen molar-refractivity contribution < 1.29 is 19.8 Å². The van der Waals surface area contributed by atoms with Crippen molar-refractivity contribution in [2.45, 2.75) is 19.9 Å². The van der Waals surface area contributed by atoms with Crippen LogP contribution in [0.3, 0.4) is 0 Å². The lowest BCUT2D eigenvalue weighted by Crippen LogP contribution is -2.20. The van der Waals surface area contributed by atoms with Crippen LogP contribution in [0.15, 0.2) is 48.7 Å². The lowest BCUT2D eigenvalue weighted by molar-refractivity contribution is -0.138. The molecule has 1 unspecified atom stereocenters. The zero-order valence-corrected chi connectivity index (χ0v) is 16.0. The van der Waals surface area contributed by atoms with Gasteiger partial charge in [-0.3, -0.25) is 0 Å². The molecule has 3 N–H and O–H groups in total. The molecule has 1 atom stereocenters. The van der Waals surface area contributed by atoms with E-state index in [9.17, 15) is 15.1 Å². The minimum atomic E-state index is -1.08. The highest BCUT2D eigenvalue weighted by Crippen LogP contribution is 2.31. The number of carboxylic acids is 1. The smallest absolute Gasteiger partial charge is 0.330 e. The molecule has 0 fully saturated rings. The van der Waals surface area contributed by atoms with E-state index in [0.29, 0.717) is 46.3 Å². The first-order valence-corrected chi connectivity index (χ1v) is 8.94. The predicted octanol–water partition coefficient (Wildman–Crippen LogP) is 3.60. The molecule has 29 heavy (non-hydrogen) atoms. The highest BCUT2D eigenvalue weighted by atomic mass is 16.5. The number of ether oxygens (including phenoxy) is 1. The van der Waals surface area contributed by atoms with E-state index in [2.05, 4.69) is 10.3 Å². The molecule has 0 aliphatic rings. The van der Waals surface area contributed by atoms with Gasteiger partial charge in [0.05, 0.1) is 24.4 Å². The summed E-state index contributed by atoms with van der Waals surface area (Å²) < 4.78 is 6.54. The third-order valence-corrected chi connectivity index (χ3v) is 4.35. The lowest BCUT2D eigenvalue weighted by atomic mass is 10.0. The molecule has 2 aromatic carbocycles. The van der Waals surface area contributed by atoms with Crippen molar-refractivity contribution >= 4 is 11.7 Å². The molecule has 3 rings (SSSR count). The molecular weight excluding hydrogens is 372 g/mol. The predicted molar refractivity (Wildman–Crippen MR) is 106 cm³/mol. The van der Waals surface area contributed by atoms with Crippen LogP contribution >= 0.6 is 0 Å². The summed E-state index contributed by atoms with van der Waals surface area (Å²) in [6.45, 7) is 3.89. The highest BCUT2D eigenvalue weighted by molar-refractivity contribution is 5.80. The van der Waals surface area contributed by atoms with Gasteiger partial charge in [-0.25, -0.2) is 9.78 Å². The quantitative estimate of drug-likeness (QED) is 0.525. The maximum atomic E-state index is 12.0. The van der Waals surface area contributed by atoms with E-state index in [1.54, 1.807) is 49.4 Å². The number of carboxylic acid groups (broad SMARTS) is 1. The standard InChI is InChI=1S/C21H20N4O4/c1-3-29-18-9-15(19-12-23-13(2)25(19)28)8-16(10-18)20(21(26)27)24-17-6-4-14(11-22)5-7-17/h4-10,12,20,24,28H,3H2,1-2H3,(H,26,27). The van der Waals surface area contributed by atoms with Crippen molar-refractivity contribution in [3.63, 3.8) is 0 Å². The number of benzene rings is 2. The maximum absolute atomic E-state index is 12.0. The Balaban J connectivity index is 2.03. The molecule has 8 heteroatoms. The zero-order chi connectivity index (χ0) is 21.0. The molecule has 0 radical (unpaired) electrons. The van der Waals surface area contributed by atoms with Gasteiger partial charge < -0.3 is 20.4 Å². The van der Waals surface area contributed by atoms with E-state index in [1.165, 1.54) is 6.20 Å². The van der Waals surface area contributed by atoms with Gasteiger partial charge >= 0.3 is 5.97 Å². The number of aryl methyl sites for hydroxylation is 1. The minimum absolute atomic E-state index is 0.404. The first kappa shape index (κ1) is 19.8. The van der Waals surface area contributed by atoms with Gasteiger partial charge in [-0.2, -0.15) is 9.99 Å². The maximum Gasteiger partial charge on any atom is 0.330 e. The van der Waals surface area contributed by atoms with Crippen molar-refractivity contribution in [1.82, 2.24) is 9.71 Å². The van der Waals surface area contributed by atoms with Crippen LogP contribution in [0.4, 0.5) is 5.69 Å². The summed E-state index contributed by atoms with van der Waals surface area (Å²) in [6.07, 6.45) is 1.51. The average molecular weight is 392 g/mol. The largest absolute Gasteiger partial charge is 0.494 e. The van der Waals surface area contributed by atoms with Crippen LogP contribution in [-0.2, 0) is 4.79 Å². The highest BCUT2D eigenvalue weighted by Gasteiger charge is 2.22. The van der Waals surface area contributed by atoms with E-state index >= 15 is 0 Å². The number of aliphatic carboxylic acids is 1. The number of aromatic nitrogens is 2. The monoisotopic (exact) mass is 392 g/mol. The first-order chi connectivity index (χ1) is 13.9. The number of carbonyl (C=O) groups is 1. The van der Waals surface area contributed by atoms with E-state index in [4.69, 9.17) is 10.00 Å². The fraction of sp³-hybridized carbons (Fsp3) is 0.190. The molecule has 0 aliphatic heterocycles. The van der Waals surface area contributed by atoms with Gasteiger partial charge in [-0.15, -0.1) is 0 Å². The summed E-state index contributed by atoms with van der Waals surface area (Å²) in [6, 6.07) is 12.5. The van der Waals surface area contributed by atoms with Gasteiger partial charge in [0, 0.05) is 11.3 Å². The molecule has 0 saturated heterocycles. The van der Waals surface area contributed by atoms with E-state index in [0.717, 1.165) is 4.73 Å². The molecule has 1 aromatic heterocycles. The normalized spacial score (nSPS) is 11.5. The number of imidazole rings is 1. The van der Waals surface area contributed by atoms with Gasteiger partial charge in [0.2, 0.25) is 0 Å². The Morgan fingerprint density at radius 3 is 2.59 bits per heavy atom. The summed E-state index contributed by atoms with van der Waals surface area (Å²) in [5.41, 5.74) is 2.48. The molecule has 8 nitrogen and oxygen atoms in total. The first-order valence-electron chi connectivity index (χ1n) is 8.94. The van der Waals surface area contributed by atoms with Crippen molar-refractivity contribution in [2.75, 3.05) is 11.9 Å². The van der Waals surface area contributed by atoms with Gasteiger partial charge in [0.15, 0.2) is 6.04 Å². The van der Waals surface area contributed by atoms with Crippen molar-refractivity contribution in [3.05, 3.63) is 65.6 Å². The third-order valence-electron chi connectivity index (χ3n) is 4.35. The average Bonchev–Trinajstić information content (AvgIpc) is 3.05. The number of hydrogen-bond donors (Lipinski definition) is 3. The van der Waals surface area contributed by atoms with Gasteiger partial charge in [-0.1, -0.05) is 0 Å². The molecule has 3 aromatic rings. The lowest BCUT2D eigenvalue weighted by Gasteiger charge is -2.18. The molecule has 0 bridgehead atoms. The summed E-state index contributed by atoms with van der Waals surface area (Å²) in [4.78, 5) is 16.1. The third kappa shape index (κ3) is 4.30. The fourth-order valence-corrected chi connectivity index (χ4v) is 2.92. The van der Waals surface area contributed by atoms with Crippen molar-refractivity contribution in [3.8, 4) is 23.1 Å². The Bertz CT molecular complexity index is 1070. The number of nitriles is 1. The van der Waals surface area contributed by atoms with Crippen LogP contribution in [0, 0.1) is 18.3 Å². The molecule has 0 amide bonds. The van der Waals surface area contributed by atoms with E-state index < -0.39 is 12.0 Å². The Labute approximate surface area is 167 Å². The SMILES string of the molecule is CCOc1cc(-c2cnc(C)n2O)cc(C(Nc2ccc(C#N)cc2)C(=O)O)c1. The number of hydrogen-bond acceptors (Lipinski definition) is 6. The van der Waals surface area contributed by atoms with Gasteiger partial charge in [0.1, 0.15) is 17.3 Å². The number of nitrogens with one attached hydrogen (secondary N) is 1. The van der Waals surface area contributed by atoms with E-state index in [1.807, 2.05) is 13.0 Å². The second-order valence-corrected chi connectivity index (χ2v) is 6.33. The van der Waals surface area contributed by atoms with Gasteiger partial charge in [-0.05, 0) is 61.9 Å². The second kappa shape index (κ2) is 8.35. The fourth-order valence-electron chi connectivity index (χ4n) is 2.92. The van der Waals surface area contributed by atoms with Crippen LogP contribution in [0.2, 0.25) is 0 Å². The van der Waals surface area contributed by atoms with Crippen LogP contribution in [0.1, 0.15) is 29.9 Å². The number of rotatable bonds is 7. The second-order valence-electron chi connectivity index (χ2n) is 6.33. The van der Waals surface area contributed by atoms with Crippen LogP contribution in [0.25, 0.3) is 11.3 Å².